The average molecular weight is 349 g/mol. The molecule has 0 unspecified atom stereocenters. The van der Waals surface area contributed by atoms with Crippen molar-refractivity contribution in [3.05, 3.63) is 42.0 Å². The summed E-state index contributed by atoms with van der Waals surface area (Å²) >= 11 is 0. The second kappa shape index (κ2) is 8.90. The van der Waals surface area contributed by atoms with Gasteiger partial charge in [0.1, 0.15) is 5.75 Å². The van der Waals surface area contributed by atoms with Crippen LogP contribution in [0.15, 0.2) is 36.4 Å². The van der Waals surface area contributed by atoms with Gasteiger partial charge in [-0.25, -0.2) is 0 Å². The van der Waals surface area contributed by atoms with E-state index in [2.05, 4.69) is 17.4 Å². The summed E-state index contributed by atoms with van der Waals surface area (Å²) < 4.78 is 5.63. The van der Waals surface area contributed by atoms with Crippen LogP contribution in [0.25, 0.3) is 10.8 Å². The minimum atomic E-state index is -0.454. The molecule has 130 valence electrons. The molecule has 3 rings (SSSR count). The van der Waals surface area contributed by atoms with Gasteiger partial charge in [0.25, 0.3) is 5.91 Å². The molecule has 5 heteroatoms. The number of rotatable bonds is 6. The van der Waals surface area contributed by atoms with E-state index in [4.69, 9.17) is 10.5 Å². The fourth-order valence-electron chi connectivity index (χ4n) is 3.34. The van der Waals surface area contributed by atoms with Gasteiger partial charge in [-0.1, -0.05) is 49.6 Å². The number of nitrogens with two attached hydrogens (primary N) is 1. The highest BCUT2D eigenvalue weighted by Gasteiger charge is 2.15. The van der Waals surface area contributed by atoms with Crippen LogP contribution in [-0.2, 0) is 11.3 Å². The van der Waals surface area contributed by atoms with E-state index in [0.717, 1.165) is 23.2 Å². The summed E-state index contributed by atoms with van der Waals surface area (Å²) in [7, 11) is 0. The quantitative estimate of drug-likeness (QED) is 0.839. The smallest absolute Gasteiger partial charge is 0.255 e. The minimum absolute atomic E-state index is 0. The Bertz CT molecular complexity index is 684. The number of benzene rings is 2. The predicted octanol–water partition coefficient (Wildman–Crippen LogP) is 3.55. The van der Waals surface area contributed by atoms with E-state index >= 15 is 0 Å². The van der Waals surface area contributed by atoms with Crippen LogP contribution in [-0.4, -0.2) is 18.6 Å². The molecule has 2 aromatic rings. The molecule has 2 aromatic carbocycles. The molecule has 1 fully saturated rings. The van der Waals surface area contributed by atoms with Crippen LogP contribution in [0.4, 0.5) is 0 Å². The summed E-state index contributed by atoms with van der Waals surface area (Å²) in [6, 6.07) is 12.8. The van der Waals surface area contributed by atoms with Gasteiger partial charge in [-0.3, -0.25) is 4.79 Å². The van der Waals surface area contributed by atoms with E-state index < -0.39 is 5.91 Å². The van der Waals surface area contributed by atoms with Gasteiger partial charge < -0.3 is 15.8 Å². The van der Waals surface area contributed by atoms with Crippen molar-refractivity contribution >= 4 is 29.1 Å². The van der Waals surface area contributed by atoms with Crippen LogP contribution < -0.4 is 15.8 Å². The first-order valence-electron chi connectivity index (χ1n) is 8.39. The van der Waals surface area contributed by atoms with Crippen molar-refractivity contribution in [2.45, 2.75) is 44.7 Å². The predicted molar refractivity (Wildman–Crippen MR) is 99.6 cm³/mol. The summed E-state index contributed by atoms with van der Waals surface area (Å²) in [5, 5.41) is 6.01. The molecule has 0 saturated heterocycles. The minimum Gasteiger partial charge on any atom is -0.483 e. The number of ether oxygens (including phenoxy) is 1. The maximum Gasteiger partial charge on any atom is 0.255 e. The Morgan fingerprint density at radius 1 is 1.12 bits per heavy atom. The van der Waals surface area contributed by atoms with Crippen molar-refractivity contribution in [2.24, 2.45) is 5.73 Å². The SMILES string of the molecule is Cl.NC(=O)COc1ccc2ccccc2c1CNC1CCCCC1. The maximum atomic E-state index is 11.0. The Balaban J connectivity index is 0.00000208. The molecule has 24 heavy (non-hydrogen) atoms. The third-order valence-electron chi connectivity index (χ3n) is 4.54. The van der Waals surface area contributed by atoms with Crippen LogP contribution in [0.2, 0.25) is 0 Å². The van der Waals surface area contributed by atoms with E-state index in [0.29, 0.717) is 6.04 Å². The molecule has 1 amide bonds. The second-order valence-corrected chi connectivity index (χ2v) is 6.23. The molecule has 1 aliphatic rings. The number of carbonyl (C=O) groups excluding carboxylic acids is 1. The number of primary amides is 1. The monoisotopic (exact) mass is 348 g/mol. The molecule has 0 radical (unpaired) electrons. The molecule has 0 atom stereocenters. The molecule has 1 aliphatic carbocycles. The summed E-state index contributed by atoms with van der Waals surface area (Å²) in [4.78, 5) is 11.0. The van der Waals surface area contributed by atoms with Crippen LogP contribution in [0.5, 0.6) is 5.75 Å². The largest absolute Gasteiger partial charge is 0.483 e. The van der Waals surface area contributed by atoms with E-state index in [-0.39, 0.29) is 19.0 Å². The van der Waals surface area contributed by atoms with Crippen LogP contribution in [0.3, 0.4) is 0 Å². The lowest BCUT2D eigenvalue weighted by molar-refractivity contribution is -0.119. The van der Waals surface area contributed by atoms with Crippen LogP contribution in [0.1, 0.15) is 37.7 Å². The zero-order valence-electron chi connectivity index (χ0n) is 13.8. The fourth-order valence-corrected chi connectivity index (χ4v) is 3.34. The highest BCUT2D eigenvalue weighted by Crippen LogP contribution is 2.29. The average Bonchev–Trinajstić information content (AvgIpc) is 2.59. The molecule has 0 spiro atoms. The topological polar surface area (TPSA) is 64.4 Å². The second-order valence-electron chi connectivity index (χ2n) is 6.23. The lowest BCUT2D eigenvalue weighted by Gasteiger charge is -2.24. The first-order chi connectivity index (χ1) is 11.2. The lowest BCUT2D eigenvalue weighted by atomic mass is 9.95. The first kappa shape index (κ1) is 18.6. The van der Waals surface area contributed by atoms with Crippen molar-refractivity contribution in [3.8, 4) is 5.75 Å². The van der Waals surface area contributed by atoms with Crippen LogP contribution >= 0.6 is 12.4 Å². The summed E-state index contributed by atoms with van der Waals surface area (Å²) in [6.07, 6.45) is 6.43. The summed E-state index contributed by atoms with van der Waals surface area (Å²) in [6.45, 7) is 0.662. The molecule has 3 N–H and O–H groups in total. The zero-order chi connectivity index (χ0) is 16.1. The molecule has 1 saturated carbocycles. The number of hydrogen-bond acceptors (Lipinski definition) is 3. The Hall–Kier alpha value is -1.78. The number of hydrogen-bond donors (Lipinski definition) is 2. The van der Waals surface area contributed by atoms with Crippen molar-refractivity contribution in [3.63, 3.8) is 0 Å². The number of amides is 1. The Labute approximate surface area is 149 Å². The van der Waals surface area contributed by atoms with Crippen molar-refractivity contribution < 1.29 is 9.53 Å². The highest BCUT2D eigenvalue weighted by atomic mass is 35.5. The number of nitrogens with one attached hydrogen (secondary N) is 1. The van der Waals surface area contributed by atoms with Crippen molar-refractivity contribution in [1.29, 1.82) is 0 Å². The van der Waals surface area contributed by atoms with Gasteiger partial charge >= 0.3 is 0 Å². The van der Waals surface area contributed by atoms with Gasteiger partial charge in [0.05, 0.1) is 0 Å². The van der Waals surface area contributed by atoms with E-state index in [1.165, 1.54) is 37.5 Å². The molecule has 0 bridgehead atoms. The Morgan fingerprint density at radius 3 is 2.62 bits per heavy atom. The number of carbonyl (C=O) groups is 1. The maximum absolute atomic E-state index is 11.0. The van der Waals surface area contributed by atoms with E-state index in [1.54, 1.807) is 0 Å². The lowest BCUT2D eigenvalue weighted by Crippen LogP contribution is -2.30. The third-order valence-corrected chi connectivity index (χ3v) is 4.54. The number of halogens is 1. The normalized spacial score (nSPS) is 15.0. The molecule has 0 aromatic heterocycles. The molecular formula is C19H25ClN2O2. The van der Waals surface area contributed by atoms with Crippen molar-refractivity contribution in [2.75, 3.05) is 6.61 Å². The summed E-state index contributed by atoms with van der Waals surface area (Å²) in [5.41, 5.74) is 6.32. The highest BCUT2D eigenvalue weighted by molar-refractivity contribution is 5.88. The molecule has 4 nitrogen and oxygen atoms in total. The van der Waals surface area contributed by atoms with Gasteiger partial charge in [0.15, 0.2) is 6.61 Å². The standard InChI is InChI=1S/C19H24N2O2.ClH/c20-19(22)13-23-18-11-10-14-6-4-5-9-16(14)17(18)12-21-15-7-2-1-3-8-15;/h4-6,9-11,15,21H,1-3,7-8,12-13H2,(H2,20,22);1H. The molecular weight excluding hydrogens is 324 g/mol. The van der Waals surface area contributed by atoms with Crippen molar-refractivity contribution in [1.82, 2.24) is 5.32 Å². The Kier molecular flexibility index (Phi) is 6.88. The zero-order valence-corrected chi connectivity index (χ0v) is 14.6. The van der Waals surface area contributed by atoms with Crippen LogP contribution in [0, 0.1) is 0 Å². The van der Waals surface area contributed by atoms with Gasteiger partial charge in [-0.2, -0.15) is 0 Å². The van der Waals surface area contributed by atoms with E-state index in [1.807, 2.05) is 24.3 Å². The summed E-state index contributed by atoms with van der Waals surface area (Å²) in [5.74, 6) is 0.287. The van der Waals surface area contributed by atoms with Gasteiger partial charge in [-0.15, -0.1) is 12.4 Å². The van der Waals surface area contributed by atoms with E-state index in [9.17, 15) is 4.79 Å². The number of fused-ring (bicyclic) bond motifs is 1. The van der Waals surface area contributed by atoms with Gasteiger partial charge in [0, 0.05) is 18.2 Å². The fraction of sp³-hybridized carbons (Fsp3) is 0.421. The first-order valence-corrected chi connectivity index (χ1v) is 8.39. The Morgan fingerprint density at radius 2 is 1.88 bits per heavy atom. The molecule has 0 heterocycles. The third kappa shape index (κ3) is 4.62. The van der Waals surface area contributed by atoms with Gasteiger partial charge in [0.2, 0.25) is 0 Å². The van der Waals surface area contributed by atoms with Gasteiger partial charge in [-0.05, 0) is 29.7 Å². The molecule has 0 aliphatic heterocycles.